The van der Waals surface area contributed by atoms with E-state index in [4.69, 9.17) is 0 Å². The minimum absolute atomic E-state index is 0.131. The van der Waals surface area contributed by atoms with E-state index in [1.807, 2.05) is 17.8 Å². The number of rotatable bonds is 9. The van der Waals surface area contributed by atoms with Crippen molar-refractivity contribution in [3.63, 3.8) is 0 Å². The van der Waals surface area contributed by atoms with Crippen molar-refractivity contribution < 1.29 is 4.92 Å². The van der Waals surface area contributed by atoms with E-state index < -0.39 is 0 Å². The predicted octanol–water partition coefficient (Wildman–Crippen LogP) is 3.98. The van der Waals surface area contributed by atoms with Crippen molar-refractivity contribution in [2.24, 2.45) is 0 Å². The Bertz CT molecular complexity index is 416. The molecule has 0 atom stereocenters. The molecule has 4 nitrogen and oxygen atoms in total. The fraction of sp³-hybridized carbons (Fsp3) is 0.538. The maximum atomic E-state index is 10.7. The summed E-state index contributed by atoms with van der Waals surface area (Å²) < 4.78 is 0.749. The number of nitro benzene ring substituents is 1. The first-order valence-electron chi connectivity index (χ1n) is 6.27. The normalized spacial score (nSPS) is 10.6. The predicted molar refractivity (Wildman–Crippen MR) is 84.7 cm³/mol. The van der Waals surface area contributed by atoms with Gasteiger partial charge in [0.25, 0.3) is 5.69 Å². The highest BCUT2D eigenvalue weighted by Gasteiger charge is 2.08. The van der Waals surface area contributed by atoms with Gasteiger partial charge in [0, 0.05) is 23.2 Å². The quantitative estimate of drug-likeness (QED) is 0.417. The zero-order chi connectivity index (χ0) is 14.1. The van der Waals surface area contributed by atoms with E-state index in [1.54, 1.807) is 6.07 Å². The summed E-state index contributed by atoms with van der Waals surface area (Å²) in [6.45, 7) is 1.62. The molecule has 0 heterocycles. The SMILES string of the molecule is CSCCCCCNCc1cc(Br)cc([N+](=O)[O-])c1. The molecule has 1 N–H and O–H groups in total. The Morgan fingerprint density at radius 1 is 1.32 bits per heavy atom. The van der Waals surface area contributed by atoms with Crippen molar-refractivity contribution in [3.8, 4) is 0 Å². The molecule has 1 aromatic rings. The van der Waals surface area contributed by atoms with Gasteiger partial charge >= 0.3 is 0 Å². The number of halogens is 1. The van der Waals surface area contributed by atoms with Crippen LogP contribution >= 0.6 is 27.7 Å². The minimum atomic E-state index is -0.364. The molecule has 0 amide bonds. The Morgan fingerprint density at radius 3 is 2.79 bits per heavy atom. The van der Waals surface area contributed by atoms with Crippen LogP contribution in [-0.4, -0.2) is 23.5 Å². The lowest BCUT2D eigenvalue weighted by atomic mass is 10.2. The van der Waals surface area contributed by atoms with E-state index in [-0.39, 0.29) is 10.6 Å². The molecule has 0 aliphatic rings. The third kappa shape index (κ3) is 6.94. The topological polar surface area (TPSA) is 55.2 Å². The summed E-state index contributed by atoms with van der Waals surface area (Å²) in [4.78, 5) is 10.4. The van der Waals surface area contributed by atoms with Gasteiger partial charge in [-0.05, 0) is 43.0 Å². The molecule has 1 aromatic carbocycles. The number of nitrogens with one attached hydrogen (secondary N) is 1. The van der Waals surface area contributed by atoms with E-state index >= 15 is 0 Å². The van der Waals surface area contributed by atoms with Crippen LogP contribution < -0.4 is 5.32 Å². The average Bonchev–Trinajstić information content (AvgIpc) is 2.37. The molecule has 0 radical (unpaired) electrons. The fourth-order valence-electron chi connectivity index (χ4n) is 1.75. The minimum Gasteiger partial charge on any atom is -0.313 e. The Balaban J connectivity index is 2.31. The highest BCUT2D eigenvalue weighted by atomic mass is 79.9. The van der Waals surface area contributed by atoms with Gasteiger partial charge in [0.1, 0.15) is 0 Å². The second-order valence-electron chi connectivity index (χ2n) is 4.31. The number of thioether (sulfide) groups is 1. The second kappa shape index (κ2) is 9.34. The second-order valence-corrected chi connectivity index (χ2v) is 6.21. The fourth-order valence-corrected chi connectivity index (χ4v) is 2.77. The van der Waals surface area contributed by atoms with Gasteiger partial charge in [-0.25, -0.2) is 0 Å². The zero-order valence-corrected chi connectivity index (χ0v) is 13.4. The monoisotopic (exact) mass is 346 g/mol. The van der Waals surface area contributed by atoms with Crippen LogP contribution in [0, 0.1) is 10.1 Å². The van der Waals surface area contributed by atoms with Crippen LogP contribution in [-0.2, 0) is 6.54 Å². The lowest BCUT2D eigenvalue weighted by Crippen LogP contribution is -2.14. The molecule has 0 saturated heterocycles. The summed E-state index contributed by atoms with van der Waals surface area (Å²) in [5, 5.41) is 14.1. The third-order valence-electron chi connectivity index (χ3n) is 2.68. The van der Waals surface area contributed by atoms with Crippen LogP contribution in [0.1, 0.15) is 24.8 Å². The van der Waals surface area contributed by atoms with Crippen molar-refractivity contribution in [1.82, 2.24) is 5.32 Å². The summed E-state index contributed by atoms with van der Waals surface area (Å²) in [5.41, 5.74) is 1.07. The Labute approximate surface area is 126 Å². The number of non-ortho nitro benzene ring substituents is 1. The molecule has 0 aromatic heterocycles. The van der Waals surface area contributed by atoms with Crippen LogP contribution in [0.5, 0.6) is 0 Å². The van der Waals surface area contributed by atoms with Crippen molar-refractivity contribution in [1.29, 1.82) is 0 Å². The molecular weight excluding hydrogens is 328 g/mol. The molecule has 106 valence electrons. The number of hydrogen-bond donors (Lipinski definition) is 1. The van der Waals surface area contributed by atoms with E-state index in [2.05, 4.69) is 27.5 Å². The van der Waals surface area contributed by atoms with Crippen LogP contribution in [0.3, 0.4) is 0 Å². The van der Waals surface area contributed by atoms with Crippen LogP contribution in [0.25, 0.3) is 0 Å². The van der Waals surface area contributed by atoms with Gasteiger partial charge in [-0.2, -0.15) is 11.8 Å². The van der Waals surface area contributed by atoms with Crippen molar-refractivity contribution >= 4 is 33.4 Å². The number of unbranched alkanes of at least 4 members (excludes halogenated alkanes) is 2. The zero-order valence-electron chi connectivity index (χ0n) is 11.0. The van der Waals surface area contributed by atoms with Crippen LogP contribution in [0.2, 0.25) is 0 Å². The number of nitrogens with zero attached hydrogens (tertiary/aromatic N) is 1. The van der Waals surface area contributed by atoms with Gasteiger partial charge in [-0.3, -0.25) is 10.1 Å². The van der Waals surface area contributed by atoms with Gasteiger partial charge in [0.2, 0.25) is 0 Å². The first-order valence-corrected chi connectivity index (χ1v) is 8.45. The van der Waals surface area contributed by atoms with Gasteiger partial charge in [0.05, 0.1) is 4.92 Å². The highest BCUT2D eigenvalue weighted by molar-refractivity contribution is 9.10. The summed E-state index contributed by atoms with van der Waals surface area (Å²) in [6.07, 6.45) is 5.76. The van der Waals surface area contributed by atoms with Crippen LogP contribution in [0.4, 0.5) is 5.69 Å². The van der Waals surface area contributed by atoms with E-state index in [0.29, 0.717) is 6.54 Å². The van der Waals surface area contributed by atoms with Crippen molar-refractivity contribution in [2.75, 3.05) is 18.6 Å². The summed E-state index contributed by atoms with van der Waals surface area (Å²) >= 11 is 5.18. The molecule has 0 fully saturated rings. The molecule has 19 heavy (non-hydrogen) atoms. The molecule has 0 aliphatic heterocycles. The van der Waals surface area contributed by atoms with E-state index in [0.717, 1.165) is 23.0 Å². The Morgan fingerprint density at radius 2 is 2.11 bits per heavy atom. The standard InChI is InChI=1S/C13H19BrN2O2S/c1-19-6-4-2-3-5-15-10-11-7-12(14)9-13(8-11)16(17)18/h7-9,15H,2-6,10H2,1H3. The third-order valence-corrected chi connectivity index (χ3v) is 3.84. The van der Waals surface area contributed by atoms with Gasteiger partial charge in [-0.1, -0.05) is 22.4 Å². The molecule has 1 rings (SSSR count). The molecule has 0 unspecified atom stereocenters. The maximum Gasteiger partial charge on any atom is 0.270 e. The average molecular weight is 347 g/mol. The molecule has 0 bridgehead atoms. The largest absolute Gasteiger partial charge is 0.313 e. The maximum absolute atomic E-state index is 10.7. The van der Waals surface area contributed by atoms with Crippen molar-refractivity contribution in [2.45, 2.75) is 25.8 Å². The lowest BCUT2D eigenvalue weighted by Gasteiger charge is -2.05. The van der Waals surface area contributed by atoms with Crippen molar-refractivity contribution in [3.05, 3.63) is 38.3 Å². The first-order chi connectivity index (χ1) is 9.13. The van der Waals surface area contributed by atoms with Gasteiger partial charge in [-0.15, -0.1) is 0 Å². The lowest BCUT2D eigenvalue weighted by molar-refractivity contribution is -0.385. The molecule has 0 spiro atoms. The van der Waals surface area contributed by atoms with Crippen LogP contribution in [0.15, 0.2) is 22.7 Å². The number of nitro groups is 1. The molecule has 6 heteroatoms. The molecule has 0 saturated carbocycles. The van der Waals surface area contributed by atoms with E-state index in [9.17, 15) is 10.1 Å². The molecule has 0 aliphatic carbocycles. The summed E-state index contributed by atoms with van der Waals surface area (Å²) in [6, 6.07) is 5.05. The Kier molecular flexibility index (Phi) is 8.09. The smallest absolute Gasteiger partial charge is 0.270 e. The summed E-state index contributed by atoms with van der Waals surface area (Å²) in [7, 11) is 0. The number of benzene rings is 1. The number of hydrogen-bond acceptors (Lipinski definition) is 4. The molecular formula is C13H19BrN2O2S. The summed E-state index contributed by atoms with van der Waals surface area (Å²) in [5.74, 6) is 1.22. The Hall–Kier alpha value is -0.590. The van der Waals surface area contributed by atoms with Gasteiger partial charge < -0.3 is 5.32 Å². The van der Waals surface area contributed by atoms with E-state index in [1.165, 1.54) is 24.7 Å². The first kappa shape index (κ1) is 16.5. The van der Waals surface area contributed by atoms with Gasteiger partial charge in [0.15, 0.2) is 0 Å². The highest BCUT2D eigenvalue weighted by Crippen LogP contribution is 2.21.